The minimum atomic E-state index is -3.63. The van der Waals surface area contributed by atoms with Gasteiger partial charge >= 0.3 is 0 Å². The highest BCUT2D eigenvalue weighted by Gasteiger charge is 2.73. The van der Waals surface area contributed by atoms with Crippen LogP contribution in [0.15, 0.2) is 36.4 Å². The van der Waals surface area contributed by atoms with Gasteiger partial charge in [0.25, 0.3) is 10.1 Å². The lowest BCUT2D eigenvalue weighted by atomic mass is 9.67. The standard InChI is InChI=1S/C23H22N2O6S.2H3P/c1-22-9-10-23(31-22,11-12-30-32(2,28)29)19-18(22)20(26)25(21(19)27)17-8-7-14(13-24)15-5-3-4-6-16(15)17;;/h3-8,18-19H,9-12H2,1-2H3;2*1H3/t18-,19+,22?,23?;;/m0../s1. The van der Waals surface area contributed by atoms with Crippen LogP contribution in [0.3, 0.4) is 0 Å². The van der Waals surface area contributed by atoms with Gasteiger partial charge in [0, 0.05) is 17.2 Å². The number of hydrogen-bond acceptors (Lipinski definition) is 7. The van der Waals surface area contributed by atoms with Gasteiger partial charge in [-0.15, -0.1) is 0 Å². The molecule has 2 bridgehead atoms. The zero-order valence-electron chi connectivity index (χ0n) is 19.1. The van der Waals surface area contributed by atoms with E-state index >= 15 is 0 Å². The van der Waals surface area contributed by atoms with Crippen LogP contribution >= 0.6 is 19.8 Å². The van der Waals surface area contributed by atoms with Crippen molar-refractivity contribution in [3.05, 3.63) is 42.0 Å². The molecular weight excluding hydrogens is 494 g/mol. The van der Waals surface area contributed by atoms with Crippen LogP contribution in [-0.4, -0.2) is 44.3 Å². The molecule has 0 radical (unpaired) electrons. The maximum Gasteiger partial charge on any atom is 0.264 e. The molecular formula is C23H28N2O6P2S. The summed E-state index contributed by atoms with van der Waals surface area (Å²) in [5, 5.41) is 10.8. The summed E-state index contributed by atoms with van der Waals surface area (Å²) >= 11 is 0. The first-order valence-electron chi connectivity index (χ1n) is 10.4. The lowest BCUT2D eigenvalue weighted by Crippen LogP contribution is -2.43. The molecule has 2 amide bonds. The van der Waals surface area contributed by atoms with Crippen LogP contribution in [0.2, 0.25) is 0 Å². The summed E-state index contributed by atoms with van der Waals surface area (Å²) in [5.41, 5.74) is -0.809. The van der Waals surface area contributed by atoms with E-state index in [-0.39, 0.29) is 44.6 Å². The van der Waals surface area contributed by atoms with Crippen LogP contribution in [0.5, 0.6) is 0 Å². The maximum absolute atomic E-state index is 13.7. The van der Waals surface area contributed by atoms with Crippen molar-refractivity contribution in [2.75, 3.05) is 17.8 Å². The Balaban J connectivity index is 0.00000162. The van der Waals surface area contributed by atoms with Crippen LogP contribution in [0.1, 0.15) is 31.7 Å². The van der Waals surface area contributed by atoms with Gasteiger partial charge < -0.3 is 4.74 Å². The largest absolute Gasteiger partial charge is 0.367 e. The number of rotatable bonds is 5. The van der Waals surface area contributed by atoms with Gasteiger partial charge in [-0.25, -0.2) is 4.90 Å². The van der Waals surface area contributed by atoms with Gasteiger partial charge in [-0.05, 0) is 31.9 Å². The Morgan fingerprint density at radius 3 is 2.38 bits per heavy atom. The first-order valence-corrected chi connectivity index (χ1v) is 12.3. The van der Waals surface area contributed by atoms with Crippen molar-refractivity contribution in [3.63, 3.8) is 0 Å². The van der Waals surface area contributed by atoms with Crippen molar-refractivity contribution >= 4 is 58.2 Å². The van der Waals surface area contributed by atoms with E-state index in [0.717, 1.165) is 6.26 Å². The van der Waals surface area contributed by atoms with E-state index in [4.69, 9.17) is 8.92 Å². The molecule has 3 aliphatic rings. The average molecular weight is 523 g/mol. The number of amides is 2. The normalized spacial score (nSPS) is 29.5. The monoisotopic (exact) mass is 522 g/mol. The predicted octanol–water partition coefficient (Wildman–Crippen LogP) is 2.62. The molecule has 182 valence electrons. The van der Waals surface area contributed by atoms with Gasteiger partial charge in [0.1, 0.15) is 0 Å². The van der Waals surface area contributed by atoms with Gasteiger partial charge in [-0.3, -0.25) is 13.8 Å². The van der Waals surface area contributed by atoms with Gasteiger partial charge in [-0.1, -0.05) is 24.3 Å². The number of nitrogens with zero attached hydrogens (tertiary/aromatic N) is 2. The smallest absolute Gasteiger partial charge is 0.264 e. The molecule has 4 unspecified atom stereocenters. The Bertz CT molecular complexity index is 1330. The number of benzene rings is 2. The van der Waals surface area contributed by atoms with E-state index in [1.54, 1.807) is 36.4 Å². The third-order valence-electron chi connectivity index (χ3n) is 7.10. The minimum Gasteiger partial charge on any atom is -0.367 e. The van der Waals surface area contributed by atoms with Crippen LogP contribution in [-0.2, 0) is 28.6 Å². The second kappa shape index (κ2) is 8.93. The van der Waals surface area contributed by atoms with E-state index < -0.39 is 33.2 Å². The molecule has 34 heavy (non-hydrogen) atoms. The second-order valence-electron chi connectivity index (χ2n) is 9.01. The van der Waals surface area contributed by atoms with Crippen LogP contribution < -0.4 is 4.90 Å². The van der Waals surface area contributed by atoms with Crippen molar-refractivity contribution in [1.82, 2.24) is 0 Å². The van der Waals surface area contributed by atoms with E-state index in [1.807, 2.05) is 6.92 Å². The summed E-state index contributed by atoms with van der Waals surface area (Å²) in [6, 6.07) is 12.6. The molecule has 6 atom stereocenters. The highest BCUT2D eigenvalue weighted by molar-refractivity contribution is 7.85. The Labute approximate surface area is 205 Å². The quantitative estimate of drug-likeness (QED) is 0.337. The Morgan fingerprint density at radius 1 is 1.09 bits per heavy atom. The number of imide groups is 1. The van der Waals surface area contributed by atoms with Crippen molar-refractivity contribution in [2.45, 2.75) is 37.4 Å². The Kier molecular flexibility index (Phi) is 7.00. The SMILES string of the molecule is CC12CCC(CCOS(C)(=O)=O)(O1)[C@H]1C(=O)N(c3ccc(C#N)c4ccccc34)C(=O)[C@H]12.P.P. The molecule has 2 aromatic rings. The average Bonchev–Trinajstić information content (AvgIpc) is 3.31. The highest BCUT2D eigenvalue weighted by Crippen LogP contribution is 2.62. The van der Waals surface area contributed by atoms with Gasteiger partial charge in [-0.2, -0.15) is 33.5 Å². The molecule has 3 aliphatic heterocycles. The van der Waals surface area contributed by atoms with Crippen molar-refractivity contribution < 1.29 is 26.9 Å². The van der Waals surface area contributed by atoms with Crippen LogP contribution in [0, 0.1) is 23.2 Å². The van der Waals surface area contributed by atoms with E-state index in [2.05, 4.69) is 6.07 Å². The van der Waals surface area contributed by atoms with Gasteiger partial charge in [0.05, 0.1) is 53.2 Å². The van der Waals surface area contributed by atoms with Gasteiger partial charge in [0.2, 0.25) is 11.8 Å². The lowest BCUT2D eigenvalue weighted by Gasteiger charge is -2.30. The molecule has 3 saturated heterocycles. The number of carbonyl (C=O) groups excluding carboxylic acids is 2. The molecule has 5 rings (SSSR count). The highest BCUT2D eigenvalue weighted by atomic mass is 32.2. The minimum absolute atomic E-state index is 0. The Hall–Kier alpha value is -1.94. The molecule has 2 aromatic carbocycles. The van der Waals surface area contributed by atoms with E-state index in [0.29, 0.717) is 34.9 Å². The number of hydrogen-bond donors (Lipinski definition) is 0. The summed E-state index contributed by atoms with van der Waals surface area (Å²) in [6.07, 6.45) is 2.34. The zero-order valence-corrected chi connectivity index (χ0v) is 22.8. The molecule has 3 heterocycles. The second-order valence-corrected chi connectivity index (χ2v) is 10.7. The van der Waals surface area contributed by atoms with E-state index in [9.17, 15) is 23.3 Å². The molecule has 0 N–H and O–H groups in total. The Morgan fingerprint density at radius 2 is 1.74 bits per heavy atom. The molecule has 8 nitrogen and oxygen atoms in total. The maximum atomic E-state index is 13.7. The van der Waals surface area contributed by atoms with Crippen LogP contribution in [0.25, 0.3) is 10.8 Å². The number of carbonyl (C=O) groups is 2. The third-order valence-corrected chi connectivity index (χ3v) is 7.69. The number of nitriles is 1. The zero-order chi connectivity index (χ0) is 22.9. The summed E-state index contributed by atoms with van der Waals surface area (Å²) in [4.78, 5) is 28.5. The fourth-order valence-corrected chi connectivity index (χ4v) is 6.18. The number of anilines is 1. The van der Waals surface area contributed by atoms with Crippen molar-refractivity contribution in [1.29, 1.82) is 5.26 Å². The number of fused-ring (bicyclic) bond motifs is 6. The fourth-order valence-electron chi connectivity index (χ4n) is 5.79. The van der Waals surface area contributed by atoms with E-state index in [1.165, 1.54) is 4.90 Å². The summed E-state index contributed by atoms with van der Waals surface area (Å²) in [7, 11) is -3.63. The molecule has 0 spiro atoms. The van der Waals surface area contributed by atoms with Crippen LogP contribution in [0.4, 0.5) is 5.69 Å². The van der Waals surface area contributed by atoms with Gasteiger partial charge in [0.15, 0.2) is 0 Å². The first-order chi connectivity index (χ1) is 15.1. The van der Waals surface area contributed by atoms with Crippen molar-refractivity contribution in [3.8, 4) is 6.07 Å². The molecule has 0 aromatic heterocycles. The molecule has 11 heteroatoms. The fraction of sp³-hybridized carbons (Fsp3) is 0.435. The van der Waals surface area contributed by atoms with Crippen molar-refractivity contribution in [2.24, 2.45) is 11.8 Å². The summed E-state index contributed by atoms with van der Waals surface area (Å²) < 4.78 is 34.0. The summed E-state index contributed by atoms with van der Waals surface area (Å²) in [5.74, 6) is -2.01. The molecule has 0 saturated carbocycles. The first kappa shape index (κ1) is 26.7. The lowest BCUT2D eigenvalue weighted by molar-refractivity contribution is -0.131. The third kappa shape index (κ3) is 3.86. The molecule has 0 aliphatic carbocycles. The molecule has 3 fully saturated rings. The topological polar surface area (TPSA) is 114 Å². The summed E-state index contributed by atoms with van der Waals surface area (Å²) in [6.45, 7) is 1.74. The predicted molar refractivity (Wildman–Crippen MR) is 137 cm³/mol. The number of ether oxygens (including phenoxy) is 1.